The number of hydrogen-bond acceptors (Lipinski definition) is 16. The number of likely N-dealkylation sites (tertiary alicyclic amines) is 2. The molecule has 0 radical (unpaired) electrons. The van der Waals surface area contributed by atoms with Gasteiger partial charge >= 0.3 is 0 Å². The Morgan fingerprint density at radius 3 is 2.33 bits per heavy atom. The van der Waals surface area contributed by atoms with Crippen LogP contribution < -0.4 is 20.9 Å². The third kappa shape index (κ3) is 9.58. The number of aromatic nitrogens is 5. The first-order valence-corrected chi connectivity index (χ1v) is 28.0. The van der Waals surface area contributed by atoms with Crippen LogP contribution in [0, 0.1) is 17.2 Å². The minimum Gasteiger partial charge on any atom is -0.507 e. The number of phenolic OH excluding ortho intramolecular Hbond substituents is 1. The van der Waals surface area contributed by atoms with Gasteiger partial charge in [-0.25, -0.2) is 14.4 Å². The van der Waals surface area contributed by atoms with E-state index in [-0.39, 0.29) is 42.0 Å². The predicted molar refractivity (Wildman–Crippen MR) is 296 cm³/mol. The molecule has 1 spiro atoms. The van der Waals surface area contributed by atoms with Crippen LogP contribution in [-0.2, 0) is 15.4 Å². The standard InChI is InChI=1S/C60H71FN12O5/c1-6-42-33-71(50-24-49(66-67-55(50)62)46-12-8-10-14-52(46)75)32-36(4)73(42)58-63-30-40(31-64-58)37-19-21-70(22-20-37)43-28-60(29-43)26-39(27-60)48-25-53(77-68-48)54(35(2)3)57(76)72-34-44(74)23-51(72)56-65-59(5,78-69-56)41-17-15-38(16-18-41)45-11-7-9-13-47(45)61/h7-18,24-25,30-31,35-37,39,42-44,51,54,74-75H,6,19-23,26-29,32-34H2,1-5H3,(H2,62,67)(H,65,69)/t36?,39-,42?,43-,44-,51+,54-,59-,60?/m1/s1. The maximum atomic E-state index is 14.6. The number of rotatable bonds is 13. The van der Waals surface area contributed by atoms with E-state index < -0.39 is 23.8 Å². The van der Waals surface area contributed by atoms with Crippen molar-refractivity contribution in [3.63, 3.8) is 0 Å². The third-order valence-electron chi connectivity index (χ3n) is 18.1. The largest absolute Gasteiger partial charge is 0.507 e. The van der Waals surface area contributed by atoms with E-state index in [0.717, 1.165) is 80.2 Å². The lowest BCUT2D eigenvalue weighted by Gasteiger charge is -2.60. The van der Waals surface area contributed by atoms with Crippen LogP contribution in [0.15, 0.2) is 107 Å². The molecule has 0 bridgehead atoms. The van der Waals surface area contributed by atoms with Gasteiger partial charge in [0.2, 0.25) is 17.6 Å². The fourth-order valence-electron chi connectivity index (χ4n) is 13.8. The zero-order valence-corrected chi connectivity index (χ0v) is 45.2. The summed E-state index contributed by atoms with van der Waals surface area (Å²) in [7, 11) is 0. The number of hydrogen-bond donors (Lipinski definition) is 4. The second-order valence-corrected chi connectivity index (χ2v) is 23.6. The summed E-state index contributed by atoms with van der Waals surface area (Å²) in [6.45, 7) is 14.1. The number of amides is 1. The summed E-state index contributed by atoms with van der Waals surface area (Å²) in [5.74, 6) is 1.94. The number of carbonyl (C=O) groups is 1. The van der Waals surface area contributed by atoms with Crippen LogP contribution in [0.2, 0.25) is 0 Å². The molecule has 1 amide bonds. The average molecular weight is 1060 g/mol. The van der Waals surface area contributed by atoms with Crippen LogP contribution in [0.1, 0.15) is 126 Å². The normalized spacial score (nSPS) is 27.8. The van der Waals surface area contributed by atoms with Crippen LogP contribution in [0.5, 0.6) is 5.75 Å². The number of aliphatic hydroxyl groups is 1. The van der Waals surface area contributed by atoms with Crippen molar-refractivity contribution < 1.29 is 28.8 Å². The molecule has 6 aliphatic rings. The lowest BCUT2D eigenvalue weighted by molar-refractivity contribution is -0.134. The molecule has 78 heavy (non-hydrogen) atoms. The summed E-state index contributed by atoms with van der Waals surface area (Å²) in [6, 6.07) is 25.6. The van der Waals surface area contributed by atoms with Crippen molar-refractivity contribution in [1.29, 1.82) is 0 Å². The molecule has 2 saturated carbocycles. The van der Waals surface area contributed by atoms with Crippen LogP contribution in [0.25, 0.3) is 22.4 Å². The van der Waals surface area contributed by atoms with Gasteiger partial charge in [-0.15, -0.1) is 10.2 Å². The molecule has 6 aromatic rings. The van der Waals surface area contributed by atoms with Crippen LogP contribution in [0.3, 0.4) is 0 Å². The smallest absolute Gasteiger partial charge is 0.234 e. The van der Waals surface area contributed by atoms with Gasteiger partial charge in [-0.3, -0.25) is 4.79 Å². The van der Waals surface area contributed by atoms with Gasteiger partial charge in [-0.05, 0) is 118 Å². The molecule has 6 atom stereocenters. The van der Waals surface area contributed by atoms with E-state index in [1.807, 2.05) is 75.4 Å². The van der Waals surface area contributed by atoms with Crippen molar-refractivity contribution in [2.24, 2.45) is 16.5 Å². The minimum atomic E-state index is -1.02. The number of carbonyl (C=O) groups excluding carboxylic acids is 1. The van der Waals surface area contributed by atoms with Crippen LogP contribution in [0.4, 0.5) is 21.8 Å². The summed E-state index contributed by atoms with van der Waals surface area (Å²) in [6.07, 6.45) is 11.3. The number of oxime groups is 1. The van der Waals surface area contributed by atoms with Crippen LogP contribution in [-0.4, -0.2) is 120 Å². The topological polar surface area (TPSA) is 208 Å². The van der Waals surface area contributed by atoms with Crippen molar-refractivity contribution in [2.75, 3.05) is 48.3 Å². The fourth-order valence-corrected chi connectivity index (χ4v) is 13.8. The van der Waals surface area contributed by atoms with E-state index in [9.17, 15) is 19.4 Å². The predicted octanol–water partition coefficient (Wildman–Crippen LogP) is 8.92. The Labute approximate surface area is 455 Å². The third-order valence-corrected chi connectivity index (χ3v) is 18.1. The molecule has 18 heteroatoms. The molecule has 7 heterocycles. The molecular formula is C60H71FN12O5. The van der Waals surface area contributed by atoms with Gasteiger partial charge in [0.15, 0.2) is 11.7 Å². The van der Waals surface area contributed by atoms with E-state index in [0.29, 0.717) is 70.5 Å². The van der Waals surface area contributed by atoms with E-state index in [1.165, 1.54) is 24.5 Å². The number of nitrogen functional groups attached to an aromatic ring is 1. The zero-order valence-electron chi connectivity index (χ0n) is 45.2. The number of amidine groups is 1. The Morgan fingerprint density at radius 2 is 1.63 bits per heavy atom. The van der Waals surface area contributed by atoms with Gasteiger partial charge in [0, 0.05) is 92.2 Å². The van der Waals surface area contributed by atoms with Crippen molar-refractivity contribution in [3.05, 3.63) is 126 Å². The number of benzene rings is 3. The van der Waals surface area contributed by atoms with E-state index in [2.05, 4.69) is 66.8 Å². The number of halogens is 1. The number of nitrogens with one attached hydrogen (secondary N) is 1. The number of aromatic hydroxyl groups is 1. The first-order valence-electron chi connectivity index (χ1n) is 28.0. The van der Waals surface area contributed by atoms with E-state index in [1.54, 1.807) is 29.2 Å². The lowest BCUT2D eigenvalue weighted by Crippen LogP contribution is -2.58. The Bertz CT molecular complexity index is 3170. The fraction of sp³-hybridized carbons (Fsp3) is 0.483. The summed E-state index contributed by atoms with van der Waals surface area (Å²) in [5.41, 5.74) is 11.9. The highest BCUT2D eigenvalue weighted by molar-refractivity contribution is 5.94. The molecule has 3 saturated heterocycles. The number of nitrogens with two attached hydrogens (primary N) is 1. The molecule has 2 unspecified atom stereocenters. The number of nitrogens with zero attached hydrogens (tertiary/aromatic N) is 10. The van der Waals surface area contributed by atoms with Crippen molar-refractivity contribution in [3.8, 4) is 28.1 Å². The van der Waals surface area contributed by atoms with Crippen molar-refractivity contribution >= 4 is 29.2 Å². The highest BCUT2D eigenvalue weighted by Gasteiger charge is 2.55. The van der Waals surface area contributed by atoms with Gasteiger partial charge in [0.05, 0.1) is 29.2 Å². The number of aliphatic hydroxyl groups excluding tert-OH is 1. The van der Waals surface area contributed by atoms with Gasteiger partial charge in [0.25, 0.3) is 0 Å². The maximum absolute atomic E-state index is 14.6. The van der Waals surface area contributed by atoms with Gasteiger partial charge in [-0.1, -0.05) is 85.7 Å². The number of phenols is 1. The van der Waals surface area contributed by atoms with E-state index >= 15 is 0 Å². The highest BCUT2D eigenvalue weighted by Crippen LogP contribution is 2.63. The van der Waals surface area contributed by atoms with Crippen molar-refractivity contribution in [2.45, 2.75) is 140 Å². The summed E-state index contributed by atoms with van der Waals surface area (Å²) < 4.78 is 20.6. The lowest BCUT2D eigenvalue weighted by atomic mass is 9.49. The average Bonchev–Trinajstić information content (AvgIpc) is 4.21. The molecule has 3 aromatic carbocycles. The molecule has 12 rings (SSSR count). The first-order chi connectivity index (χ1) is 37.7. The summed E-state index contributed by atoms with van der Waals surface area (Å²) in [5, 5.41) is 42.5. The molecule has 3 aromatic heterocycles. The van der Waals surface area contributed by atoms with E-state index in [4.69, 9.17) is 25.1 Å². The molecule has 17 nitrogen and oxygen atoms in total. The van der Waals surface area contributed by atoms with Gasteiger partial charge in [0.1, 0.15) is 23.2 Å². The zero-order chi connectivity index (χ0) is 54.0. The Balaban J connectivity index is 0.616. The number of β-amino-alcohol motifs (C(OH)–C–C–N with tert-alkyl or cyclic N) is 1. The number of anilines is 3. The monoisotopic (exact) mass is 1060 g/mol. The Morgan fingerprint density at radius 1 is 0.910 bits per heavy atom. The number of piperazine rings is 1. The maximum Gasteiger partial charge on any atom is 0.234 e. The Hall–Kier alpha value is -7.18. The minimum absolute atomic E-state index is 0.0859. The number of piperidine rings is 1. The van der Waals surface area contributed by atoms with Crippen molar-refractivity contribution in [1.82, 2.24) is 40.4 Å². The first kappa shape index (κ1) is 51.6. The van der Waals surface area contributed by atoms with Gasteiger partial charge < -0.3 is 50.2 Å². The second-order valence-electron chi connectivity index (χ2n) is 23.6. The molecule has 5 fully saturated rings. The summed E-state index contributed by atoms with van der Waals surface area (Å²) >= 11 is 0. The molecule has 2 aliphatic carbocycles. The quantitative estimate of drug-likeness (QED) is 0.0852. The number of para-hydroxylation sites is 1. The molecular weight excluding hydrogens is 988 g/mol. The SMILES string of the molecule is CCC1CN(c2cc(-c3ccccc3O)nnc2N)CC(C)N1c1ncc(C2CCN([C@H]3CC4(C[C@H](c5cc([C@H](C(=O)N6C[C@H](O)C[C@H]6C6=NO[C@](C)(c7ccc(-c8ccccc8F)cc7)N6)C(C)C)on5)C4)C3)CC2)cn1. The molecule has 408 valence electrons. The Kier molecular flexibility index (Phi) is 13.6. The second kappa shape index (κ2) is 20.6. The molecule has 4 aliphatic heterocycles. The molecule has 5 N–H and O–H groups in total. The van der Waals surface area contributed by atoms with Crippen LogP contribution >= 0.6 is 0 Å². The summed E-state index contributed by atoms with van der Waals surface area (Å²) in [4.78, 5) is 39.6. The van der Waals surface area contributed by atoms with Gasteiger partial charge in [-0.2, -0.15) is 0 Å². The highest BCUT2D eigenvalue weighted by atomic mass is 19.1.